The molecule has 0 fully saturated rings. The number of carbonyl (C=O) groups excluding carboxylic acids is 1. The van der Waals surface area contributed by atoms with E-state index in [1.54, 1.807) is 11.3 Å². The van der Waals surface area contributed by atoms with Gasteiger partial charge in [0.1, 0.15) is 17.6 Å². The molecule has 29 heavy (non-hydrogen) atoms. The van der Waals surface area contributed by atoms with E-state index in [-0.39, 0.29) is 18.4 Å². The molecule has 7 nitrogen and oxygen atoms in total. The molecule has 2 aromatic heterocycles. The number of hydrogen-bond donors (Lipinski definition) is 2. The van der Waals surface area contributed by atoms with E-state index in [0.717, 1.165) is 28.4 Å². The van der Waals surface area contributed by atoms with E-state index in [2.05, 4.69) is 15.5 Å². The third kappa shape index (κ3) is 4.20. The lowest BCUT2D eigenvalue weighted by molar-refractivity contribution is -0.116. The Labute approximate surface area is 177 Å². The van der Waals surface area contributed by atoms with Crippen molar-refractivity contribution in [3.8, 4) is 22.2 Å². The number of ether oxygens (including phenoxy) is 2. The van der Waals surface area contributed by atoms with Crippen LogP contribution in [-0.4, -0.2) is 33.4 Å². The Balaban J connectivity index is 1.48. The molecule has 4 rings (SSSR count). The average Bonchev–Trinajstić information content (AvgIpc) is 3.40. The normalized spacial score (nSPS) is 15.0. The van der Waals surface area contributed by atoms with Crippen molar-refractivity contribution in [2.24, 2.45) is 0 Å². The summed E-state index contributed by atoms with van der Waals surface area (Å²) in [6.07, 6.45) is 1.23. The van der Waals surface area contributed by atoms with E-state index in [1.807, 2.05) is 48.1 Å². The van der Waals surface area contributed by atoms with Crippen molar-refractivity contribution in [3.63, 3.8) is 0 Å². The highest BCUT2D eigenvalue weighted by Gasteiger charge is 2.22. The highest BCUT2D eigenvalue weighted by molar-refractivity contribution is 7.71. The molecular formula is C20H22N4O3S2. The monoisotopic (exact) mass is 430 g/mol. The van der Waals surface area contributed by atoms with Gasteiger partial charge in [-0.1, -0.05) is 6.07 Å². The first-order valence-electron chi connectivity index (χ1n) is 9.50. The summed E-state index contributed by atoms with van der Waals surface area (Å²) < 4.78 is 13.9. The number of rotatable bonds is 7. The zero-order valence-electron chi connectivity index (χ0n) is 16.2. The van der Waals surface area contributed by atoms with Gasteiger partial charge in [0, 0.05) is 31.0 Å². The topological polar surface area (TPSA) is 81.2 Å². The third-order valence-corrected chi connectivity index (χ3v) is 5.81. The Morgan fingerprint density at radius 3 is 3.14 bits per heavy atom. The van der Waals surface area contributed by atoms with E-state index >= 15 is 0 Å². The maximum absolute atomic E-state index is 12.7. The summed E-state index contributed by atoms with van der Waals surface area (Å²) in [5.41, 5.74) is 1.73. The van der Waals surface area contributed by atoms with Crippen molar-refractivity contribution in [2.45, 2.75) is 39.3 Å². The zero-order chi connectivity index (χ0) is 20.4. The summed E-state index contributed by atoms with van der Waals surface area (Å²) in [4.78, 5) is 13.7. The molecule has 1 aliphatic heterocycles. The SMILES string of the molecule is CCOc1cc2c(cc1NC(=O)CCn1c(-c3cccs3)n[nH]c1=S)O[C@H](C)C2. The number of hydrogen-bond acceptors (Lipinski definition) is 6. The second-order valence-electron chi connectivity index (χ2n) is 6.80. The maximum Gasteiger partial charge on any atom is 0.226 e. The van der Waals surface area contributed by atoms with Crippen LogP contribution in [0.25, 0.3) is 10.7 Å². The van der Waals surface area contributed by atoms with Gasteiger partial charge < -0.3 is 14.8 Å². The van der Waals surface area contributed by atoms with Gasteiger partial charge in [0.25, 0.3) is 0 Å². The van der Waals surface area contributed by atoms with E-state index < -0.39 is 0 Å². The summed E-state index contributed by atoms with van der Waals surface area (Å²) in [5.74, 6) is 2.08. The maximum atomic E-state index is 12.7. The smallest absolute Gasteiger partial charge is 0.226 e. The molecule has 1 aliphatic rings. The fourth-order valence-corrected chi connectivity index (χ4v) is 4.30. The van der Waals surface area contributed by atoms with Gasteiger partial charge in [0.05, 0.1) is 17.2 Å². The third-order valence-electron chi connectivity index (χ3n) is 4.63. The van der Waals surface area contributed by atoms with Gasteiger partial charge in [-0.15, -0.1) is 11.3 Å². The zero-order valence-corrected chi connectivity index (χ0v) is 17.9. The van der Waals surface area contributed by atoms with Crippen LogP contribution < -0.4 is 14.8 Å². The van der Waals surface area contributed by atoms with Gasteiger partial charge in [0.15, 0.2) is 10.6 Å². The first kappa shape index (κ1) is 19.7. The molecule has 1 atom stereocenters. The molecule has 9 heteroatoms. The number of fused-ring (bicyclic) bond motifs is 1. The summed E-state index contributed by atoms with van der Waals surface area (Å²) >= 11 is 6.91. The summed E-state index contributed by atoms with van der Waals surface area (Å²) in [6, 6.07) is 7.74. The minimum absolute atomic E-state index is 0.128. The summed E-state index contributed by atoms with van der Waals surface area (Å²) in [7, 11) is 0. The molecule has 3 heterocycles. The van der Waals surface area contributed by atoms with Gasteiger partial charge >= 0.3 is 0 Å². The number of aromatic amines is 1. The van der Waals surface area contributed by atoms with E-state index in [0.29, 0.717) is 29.4 Å². The minimum Gasteiger partial charge on any atom is -0.492 e. The first-order valence-corrected chi connectivity index (χ1v) is 10.8. The molecule has 0 unspecified atom stereocenters. The summed E-state index contributed by atoms with van der Waals surface area (Å²) in [6.45, 7) is 4.90. The van der Waals surface area contributed by atoms with Crippen LogP contribution in [-0.2, 0) is 17.8 Å². The molecule has 0 saturated carbocycles. The number of anilines is 1. The van der Waals surface area contributed by atoms with Crippen LogP contribution >= 0.6 is 23.6 Å². The highest BCUT2D eigenvalue weighted by Crippen LogP contribution is 2.38. The number of nitrogens with zero attached hydrogens (tertiary/aromatic N) is 2. The molecular weight excluding hydrogens is 408 g/mol. The number of aromatic nitrogens is 3. The van der Waals surface area contributed by atoms with Gasteiger partial charge in [-0.3, -0.25) is 14.5 Å². The van der Waals surface area contributed by atoms with Crippen LogP contribution in [0.4, 0.5) is 5.69 Å². The molecule has 0 spiro atoms. The molecule has 1 aromatic carbocycles. The fourth-order valence-electron chi connectivity index (χ4n) is 3.36. The van der Waals surface area contributed by atoms with Crippen molar-refractivity contribution in [3.05, 3.63) is 40.0 Å². The Morgan fingerprint density at radius 2 is 2.38 bits per heavy atom. The number of H-pyrrole nitrogens is 1. The van der Waals surface area contributed by atoms with Crippen molar-refractivity contribution < 1.29 is 14.3 Å². The van der Waals surface area contributed by atoms with E-state index in [4.69, 9.17) is 21.7 Å². The van der Waals surface area contributed by atoms with Crippen molar-refractivity contribution >= 4 is 35.1 Å². The summed E-state index contributed by atoms with van der Waals surface area (Å²) in [5, 5.41) is 12.0. The second kappa shape index (κ2) is 8.38. The molecule has 2 N–H and O–H groups in total. The van der Waals surface area contributed by atoms with Crippen LogP contribution in [0.1, 0.15) is 25.8 Å². The lowest BCUT2D eigenvalue weighted by Gasteiger charge is -2.14. The Kier molecular flexibility index (Phi) is 5.68. The molecule has 0 bridgehead atoms. The van der Waals surface area contributed by atoms with Crippen LogP contribution in [0, 0.1) is 4.77 Å². The van der Waals surface area contributed by atoms with Crippen LogP contribution in [0.15, 0.2) is 29.6 Å². The molecule has 0 radical (unpaired) electrons. The number of thiophene rings is 1. The Bertz CT molecular complexity index is 1070. The predicted molar refractivity (Wildman–Crippen MR) is 115 cm³/mol. The highest BCUT2D eigenvalue weighted by atomic mass is 32.1. The Hall–Kier alpha value is -2.65. The number of nitrogens with one attached hydrogen (secondary N) is 2. The molecule has 152 valence electrons. The van der Waals surface area contributed by atoms with Crippen molar-refractivity contribution in [1.29, 1.82) is 0 Å². The number of carbonyl (C=O) groups is 1. The second-order valence-corrected chi connectivity index (χ2v) is 8.14. The van der Waals surface area contributed by atoms with Gasteiger partial charge in [-0.25, -0.2) is 0 Å². The number of amides is 1. The first-order chi connectivity index (χ1) is 14.0. The largest absolute Gasteiger partial charge is 0.492 e. The number of benzene rings is 1. The van der Waals surface area contributed by atoms with Crippen molar-refractivity contribution in [2.75, 3.05) is 11.9 Å². The molecule has 0 aliphatic carbocycles. The van der Waals surface area contributed by atoms with Crippen LogP contribution in [0.2, 0.25) is 0 Å². The van der Waals surface area contributed by atoms with Crippen LogP contribution in [0.3, 0.4) is 0 Å². The van der Waals surface area contributed by atoms with Gasteiger partial charge in [-0.2, -0.15) is 5.10 Å². The quantitative estimate of drug-likeness (QED) is 0.542. The standard InChI is InChI=1S/C20H22N4O3S2/c1-3-26-16-10-13-9-12(2)27-15(13)11-14(16)21-18(25)6-7-24-19(22-23-20(24)28)17-5-4-8-29-17/h4-5,8,10-12H,3,6-7,9H2,1-2H3,(H,21,25)(H,23,28)/t12-/m1/s1. The molecule has 0 saturated heterocycles. The molecule has 1 amide bonds. The lowest BCUT2D eigenvalue weighted by atomic mass is 10.1. The van der Waals surface area contributed by atoms with Crippen molar-refractivity contribution in [1.82, 2.24) is 14.8 Å². The minimum atomic E-state index is -0.128. The Morgan fingerprint density at radius 1 is 1.52 bits per heavy atom. The predicted octanol–water partition coefficient (Wildman–Crippen LogP) is 4.42. The van der Waals surface area contributed by atoms with Gasteiger partial charge in [-0.05, 0) is 43.6 Å². The average molecular weight is 431 g/mol. The van der Waals surface area contributed by atoms with Gasteiger partial charge in [0.2, 0.25) is 5.91 Å². The van der Waals surface area contributed by atoms with E-state index in [1.165, 1.54) is 0 Å². The van der Waals surface area contributed by atoms with E-state index in [9.17, 15) is 4.79 Å². The van der Waals surface area contributed by atoms with Crippen LogP contribution in [0.5, 0.6) is 11.5 Å². The molecule has 3 aromatic rings. The lowest BCUT2D eigenvalue weighted by Crippen LogP contribution is -2.16. The fraction of sp³-hybridized carbons (Fsp3) is 0.350.